The zero-order chi connectivity index (χ0) is 26.6. The molecule has 0 spiro atoms. The van der Waals surface area contributed by atoms with E-state index in [2.05, 4.69) is 29.8 Å². The van der Waals surface area contributed by atoms with Gasteiger partial charge in [-0.1, -0.05) is 38.1 Å². The van der Waals surface area contributed by atoms with Crippen LogP contribution in [0.2, 0.25) is 0 Å². The quantitative estimate of drug-likeness (QED) is 0.215. The molecule has 198 valence electrons. The molecule has 7 N–H and O–H groups in total. The molecule has 9 nitrogen and oxygen atoms in total. The molecule has 0 aliphatic heterocycles. The van der Waals surface area contributed by atoms with Crippen LogP contribution < -0.4 is 27.2 Å². The minimum absolute atomic E-state index is 0.0599. The van der Waals surface area contributed by atoms with E-state index in [4.69, 9.17) is 10.9 Å². The number of fused-ring (bicyclic) bond motifs is 2. The molecule has 3 aliphatic rings. The Morgan fingerprint density at radius 1 is 1.03 bits per heavy atom. The minimum atomic E-state index is -1.03. The fraction of sp³-hybridized carbons (Fsp3) is 0.464. The first-order valence-electron chi connectivity index (χ1n) is 12.9. The number of anilines is 1. The predicted molar refractivity (Wildman–Crippen MR) is 142 cm³/mol. The zero-order valence-electron chi connectivity index (χ0n) is 21.4. The zero-order valence-corrected chi connectivity index (χ0v) is 21.4. The number of carbonyl (C=O) groups excluding carboxylic acids is 3. The third-order valence-electron chi connectivity index (χ3n) is 8.31. The number of carbonyl (C=O) groups is 3. The topological polar surface area (TPSA) is 146 Å². The molecule has 37 heavy (non-hydrogen) atoms. The van der Waals surface area contributed by atoms with E-state index < -0.39 is 17.9 Å². The Bertz CT molecular complexity index is 1110. The minimum Gasteiger partial charge on any atom is -0.339 e. The number of nitrogens with two attached hydrogens (primary N) is 1. The molecular weight excluding hydrogens is 470 g/mol. The predicted octanol–water partition coefficient (Wildman–Crippen LogP) is 2.52. The summed E-state index contributed by atoms with van der Waals surface area (Å²) >= 11 is 0. The van der Waals surface area contributed by atoms with Gasteiger partial charge >= 0.3 is 0 Å². The summed E-state index contributed by atoms with van der Waals surface area (Å²) in [6.45, 7) is 5.82. The number of hydrogen-bond donors (Lipinski definition) is 6. The number of hydroxylamine groups is 1. The Balaban J connectivity index is 1.25. The van der Waals surface area contributed by atoms with E-state index in [-0.39, 0.29) is 12.5 Å². The Labute approximate surface area is 217 Å². The van der Waals surface area contributed by atoms with Gasteiger partial charge in [0.1, 0.15) is 6.04 Å². The summed E-state index contributed by atoms with van der Waals surface area (Å²) in [7, 11) is 0. The summed E-state index contributed by atoms with van der Waals surface area (Å²) in [6, 6.07) is 13.4. The van der Waals surface area contributed by atoms with Gasteiger partial charge in [0, 0.05) is 17.8 Å². The number of nitrogens with one attached hydrogen (secondary N) is 4. The van der Waals surface area contributed by atoms with E-state index in [1.165, 1.54) is 24.7 Å². The van der Waals surface area contributed by atoms with Crippen molar-refractivity contribution in [1.29, 1.82) is 0 Å². The van der Waals surface area contributed by atoms with Crippen LogP contribution in [0.3, 0.4) is 0 Å². The van der Waals surface area contributed by atoms with Crippen LogP contribution in [0.15, 0.2) is 48.5 Å². The van der Waals surface area contributed by atoms with E-state index in [1.54, 1.807) is 24.3 Å². The average Bonchev–Trinajstić information content (AvgIpc) is 2.91. The Hall–Kier alpha value is -3.27. The van der Waals surface area contributed by atoms with E-state index in [9.17, 15) is 14.4 Å². The lowest BCUT2D eigenvalue weighted by molar-refractivity contribution is -0.130. The third kappa shape index (κ3) is 6.01. The van der Waals surface area contributed by atoms with Gasteiger partial charge in [-0.2, -0.15) is 0 Å². The van der Waals surface area contributed by atoms with Crippen LogP contribution in [0.1, 0.15) is 43.5 Å². The molecule has 3 saturated carbocycles. The molecular formula is C28H37N5O4. The standard InChI is InChI=1S/C28H37N5O4/c1-28(2)21-10-7-20(23(28)13-21)15-30-16-25(34)31-22-11-8-18(9-12-22)17-3-5-19(6-4-17)26(35)32-24(14-29)27(36)33-37/h3-6,8-9,11-12,20-21,23-24,30,37H,7,10,13-16,29H2,1-2H3,(H,31,34)(H,32,35)(H,33,36)/t20-,21-,23-,24-/m0/s1. The van der Waals surface area contributed by atoms with Crippen molar-refractivity contribution in [2.45, 2.75) is 39.2 Å². The van der Waals surface area contributed by atoms with Gasteiger partial charge < -0.3 is 21.7 Å². The maximum atomic E-state index is 12.4. The Kier molecular flexibility index (Phi) is 8.26. The summed E-state index contributed by atoms with van der Waals surface area (Å²) in [5.74, 6) is 1.01. The fourth-order valence-corrected chi connectivity index (χ4v) is 5.89. The van der Waals surface area contributed by atoms with Crippen LogP contribution in [-0.2, 0) is 9.59 Å². The second-order valence-corrected chi connectivity index (χ2v) is 10.8. The van der Waals surface area contributed by atoms with Gasteiger partial charge in [-0.15, -0.1) is 0 Å². The molecule has 0 radical (unpaired) electrons. The maximum absolute atomic E-state index is 12.4. The number of hydrogen-bond acceptors (Lipinski definition) is 6. The lowest BCUT2D eigenvalue weighted by atomic mass is 9.45. The molecule has 3 fully saturated rings. The van der Waals surface area contributed by atoms with Gasteiger partial charge in [-0.3, -0.25) is 19.6 Å². The highest BCUT2D eigenvalue weighted by molar-refractivity contribution is 5.98. The summed E-state index contributed by atoms with van der Waals surface area (Å²) < 4.78 is 0. The van der Waals surface area contributed by atoms with Crippen molar-refractivity contribution in [3.05, 3.63) is 54.1 Å². The molecule has 0 aromatic heterocycles. The summed E-state index contributed by atoms with van der Waals surface area (Å²) in [5.41, 5.74) is 10.3. The molecule has 0 heterocycles. The smallest absolute Gasteiger partial charge is 0.267 e. The highest BCUT2D eigenvalue weighted by Crippen LogP contribution is 2.61. The summed E-state index contributed by atoms with van der Waals surface area (Å²) in [4.78, 5) is 36.3. The largest absolute Gasteiger partial charge is 0.339 e. The lowest BCUT2D eigenvalue weighted by Crippen LogP contribution is -2.54. The van der Waals surface area contributed by atoms with E-state index >= 15 is 0 Å². The van der Waals surface area contributed by atoms with Gasteiger partial charge in [0.25, 0.3) is 11.8 Å². The SMILES string of the molecule is CC1(C)[C@H]2CC[C@@H](CNCC(=O)Nc3ccc(-c4ccc(C(=O)N[C@@H](CN)C(=O)NO)cc4)cc3)[C@@H]1C2. The first-order valence-corrected chi connectivity index (χ1v) is 12.9. The van der Waals surface area contributed by atoms with Crippen molar-refractivity contribution in [1.82, 2.24) is 16.1 Å². The molecule has 4 atom stereocenters. The highest BCUT2D eigenvalue weighted by atomic mass is 16.5. The molecule has 0 saturated heterocycles. The molecule has 3 aliphatic carbocycles. The molecule has 9 heteroatoms. The van der Waals surface area contributed by atoms with Crippen LogP contribution >= 0.6 is 0 Å². The first-order chi connectivity index (χ1) is 17.7. The van der Waals surface area contributed by atoms with Crippen molar-refractivity contribution in [3.8, 4) is 11.1 Å². The van der Waals surface area contributed by atoms with E-state index in [0.717, 1.165) is 35.2 Å². The van der Waals surface area contributed by atoms with Crippen LogP contribution in [0, 0.1) is 23.2 Å². The average molecular weight is 508 g/mol. The molecule has 5 rings (SSSR count). The number of benzene rings is 2. The molecule has 0 unspecified atom stereocenters. The third-order valence-corrected chi connectivity index (χ3v) is 8.31. The lowest BCUT2D eigenvalue weighted by Gasteiger charge is -2.60. The van der Waals surface area contributed by atoms with Crippen LogP contribution in [-0.4, -0.2) is 48.6 Å². The Morgan fingerprint density at radius 2 is 1.68 bits per heavy atom. The maximum Gasteiger partial charge on any atom is 0.267 e. The van der Waals surface area contributed by atoms with Gasteiger partial charge in [-0.25, -0.2) is 5.48 Å². The number of rotatable bonds is 10. The molecule has 2 bridgehead atoms. The first kappa shape index (κ1) is 26.8. The van der Waals surface area contributed by atoms with Crippen molar-refractivity contribution >= 4 is 23.4 Å². The van der Waals surface area contributed by atoms with Crippen molar-refractivity contribution in [2.24, 2.45) is 28.9 Å². The number of amides is 3. The second-order valence-electron chi connectivity index (χ2n) is 10.8. The van der Waals surface area contributed by atoms with Gasteiger partial charge in [0.05, 0.1) is 6.54 Å². The van der Waals surface area contributed by atoms with Crippen LogP contribution in [0.25, 0.3) is 11.1 Å². The van der Waals surface area contributed by atoms with E-state index in [1.807, 2.05) is 24.3 Å². The Morgan fingerprint density at radius 3 is 2.24 bits per heavy atom. The van der Waals surface area contributed by atoms with E-state index in [0.29, 0.717) is 23.4 Å². The summed E-state index contributed by atoms with van der Waals surface area (Å²) in [6.07, 6.45) is 3.91. The van der Waals surface area contributed by atoms with Crippen LogP contribution in [0.5, 0.6) is 0 Å². The monoisotopic (exact) mass is 507 g/mol. The highest BCUT2D eigenvalue weighted by Gasteiger charge is 2.53. The molecule has 3 amide bonds. The summed E-state index contributed by atoms with van der Waals surface area (Å²) in [5, 5.41) is 17.5. The second kappa shape index (κ2) is 11.4. The van der Waals surface area contributed by atoms with Crippen molar-refractivity contribution in [3.63, 3.8) is 0 Å². The molecule has 2 aromatic rings. The van der Waals surface area contributed by atoms with Crippen molar-refractivity contribution in [2.75, 3.05) is 25.0 Å². The van der Waals surface area contributed by atoms with Gasteiger partial charge in [0.15, 0.2) is 0 Å². The van der Waals surface area contributed by atoms with Gasteiger partial charge in [-0.05, 0) is 84.4 Å². The van der Waals surface area contributed by atoms with Crippen molar-refractivity contribution < 1.29 is 19.6 Å². The normalized spacial score (nSPS) is 22.3. The molecule has 2 aromatic carbocycles. The fourth-order valence-electron chi connectivity index (χ4n) is 5.89. The van der Waals surface area contributed by atoms with Gasteiger partial charge in [0.2, 0.25) is 5.91 Å². The van der Waals surface area contributed by atoms with Crippen LogP contribution in [0.4, 0.5) is 5.69 Å².